The summed E-state index contributed by atoms with van der Waals surface area (Å²) in [4.78, 5) is 32.1. The summed E-state index contributed by atoms with van der Waals surface area (Å²) in [6.45, 7) is 6.09. The van der Waals surface area contributed by atoms with Gasteiger partial charge < -0.3 is 4.90 Å². The minimum Gasteiger partial charge on any atom is -0.372 e. The van der Waals surface area contributed by atoms with E-state index < -0.39 is 0 Å². The zero-order valence-corrected chi connectivity index (χ0v) is 18.6. The van der Waals surface area contributed by atoms with Crippen molar-refractivity contribution in [3.63, 3.8) is 0 Å². The molecule has 0 saturated carbocycles. The van der Waals surface area contributed by atoms with Crippen molar-refractivity contribution in [2.75, 3.05) is 18.0 Å². The number of anilines is 1. The van der Waals surface area contributed by atoms with Gasteiger partial charge >= 0.3 is 0 Å². The van der Waals surface area contributed by atoms with E-state index in [1.54, 1.807) is 24.3 Å². The normalized spacial score (nSPS) is 13.2. The minimum absolute atomic E-state index is 0.0854. The van der Waals surface area contributed by atoms with Crippen LogP contribution in [0.5, 0.6) is 0 Å². The van der Waals surface area contributed by atoms with Crippen LogP contribution in [0.4, 0.5) is 16.5 Å². The molecule has 156 valence electrons. The minimum atomic E-state index is -0.304. The van der Waals surface area contributed by atoms with Crippen LogP contribution in [0.1, 0.15) is 39.4 Å². The van der Waals surface area contributed by atoms with Gasteiger partial charge in [-0.15, -0.1) is 10.2 Å². The van der Waals surface area contributed by atoms with Crippen molar-refractivity contribution in [1.29, 1.82) is 0 Å². The van der Waals surface area contributed by atoms with E-state index in [0.717, 1.165) is 18.8 Å². The van der Waals surface area contributed by atoms with Crippen molar-refractivity contribution in [3.8, 4) is 0 Å². The highest BCUT2D eigenvalue weighted by molar-refractivity contribution is 7.16. The van der Waals surface area contributed by atoms with E-state index >= 15 is 0 Å². The number of nitrogens with zero attached hydrogens (tertiary/aromatic N) is 4. The molecule has 0 unspecified atom stereocenters. The number of hydrogen-bond donors (Lipinski definition) is 0. The van der Waals surface area contributed by atoms with Crippen LogP contribution in [-0.2, 0) is 0 Å². The van der Waals surface area contributed by atoms with Crippen LogP contribution in [0.2, 0.25) is 5.15 Å². The fourth-order valence-corrected chi connectivity index (χ4v) is 4.41. The Morgan fingerprint density at radius 1 is 0.968 bits per heavy atom. The molecule has 0 atom stereocenters. The summed E-state index contributed by atoms with van der Waals surface area (Å²) in [7, 11) is 0. The lowest BCUT2D eigenvalue weighted by Gasteiger charge is -2.20. The first-order chi connectivity index (χ1) is 15.0. The van der Waals surface area contributed by atoms with Gasteiger partial charge in [0.1, 0.15) is 5.15 Å². The first kappa shape index (κ1) is 21.1. The summed E-state index contributed by atoms with van der Waals surface area (Å²) in [5, 5.41) is 8.91. The Morgan fingerprint density at radius 2 is 1.58 bits per heavy atom. The van der Waals surface area contributed by atoms with E-state index in [9.17, 15) is 9.59 Å². The number of carbonyl (C=O) groups excluding carboxylic acids is 2. The van der Waals surface area contributed by atoms with Gasteiger partial charge in [-0.25, -0.2) is 4.98 Å². The van der Waals surface area contributed by atoms with Crippen LogP contribution >= 0.6 is 22.9 Å². The second kappa shape index (κ2) is 8.91. The Kier molecular flexibility index (Phi) is 6.06. The van der Waals surface area contributed by atoms with Crippen LogP contribution < -0.4 is 4.90 Å². The summed E-state index contributed by atoms with van der Waals surface area (Å²) in [6.07, 6.45) is 1.49. The molecular weight excluding hydrogens is 432 g/mol. The quantitative estimate of drug-likeness (QED) is 0.243. The molecule has 2 aromatic carbocycles. The Labute approximate surface area is 188 Å². The lowest BCUT2D eigenvalue weighted by Crippen LogP contribution is -2.21. The lowest BCUT2D eigenvalue weighted by atomic mass is 10.1. The van der Waals surface area contributed by atoms with Crippen LogP contribution in [0, 0.1) is 0 Å². The number of benzene rings is 2. The molecule has 31 heavy (non-hydrogen) atoms. The molecular formula is C23H19ClN4O2S. The fraction of sp³-hybridized carbons (Fsp3) is 0.174. The average Bonchev–Trinajstić information content (AvgIpc) is 3.26. The number of hydrogen-bond acceptors (Lipinski definition) is 7. The monoisotopic (exact) mass is 450 g/mol. The van der Waals surface area contributed by atoms with Gasteiger partial charge in [0.05, 0.1) is 16.1 Å². The molecule has 1 heterocycles. The number of fused-ring (bicyclic) bond motifs is 1. The highest BCUT2D eigenvalue weighted by atomic mass is 35.5. The largest absolute Gasteiger partial charge is 0.372 e. The van der Waals surface area contributed by atoms with E-state index in [4.69, 9.17) is 11.6 Å². The first-order valence-corrected chi connectivity index (χ1v) is 11.0. The number of rotatable bonds is 6. The second-order valence-corrected chi connectivity index (χ2v) is 8.17. The molecule has 0 saturated heterocycles. The van der Waals surface area contributed by atoms with Crippen molar-refractivity contribution < 1.29 is 9.59 Å². The Hall–Kier alpha value is -3.16. The number of halogens is 1. The number of allylic oxidation sites excluding steroid dienone is 1. The number of azo groups is 1. The summed E-state index contributed by atoms with van der Waals surface area (Å²) in [6, 6.07) is 14.6. The first-order valence-electron chi connectivity index (χ1n) is 9.85. The smallest absolute Gasteiger partial charge is 0.231 e. The Balaban J connectivity index is 1.54. The summed E-state index contributed by atoms with van der Waals surface area (Å²) < 4.78 is 0. The van der Waals surface area contributed by atoms with Crippen molar-refractivity contribution in [1.82, 2.24) is 4.98 Å². The van der Waals surface area contributed by atoms with Gasteiger partial charge in [0, 0.05) is 29.9 Å². The Bertz CT molecular complexity index is 1170. The predicted octanol–water partition coefficient (Wildman–Crippen LogP) is 6.52. The van der Waals surface area contributed by atoms with Gasteiger partial charge in [0.25, 0.3) is 0 Å². The van der Waals surface area contributed by atoms with Gasteiger partial charge in [0.2, 0.25) is 5.13 Å². The van der Waals surface area contributed by atoms with Gasteiger partial charge in [-0.3, -0.25) is 9.59 Å². The van der Waals surface area contributed by atoms with Gasteiger partial charge in [-0.1, -0.05) is 47.2 Å². The van der Waals surface area contributed by atoms with Crippen LogP contribution in [-0.4, -0.2) is 29.6 Å². The van der Waals surface area contributed by atoms with E-state index in [0.29, 0.717) is 26.8 Å². The molecule has 0 radical (unpaired) electrons. The number of Topliss-reactive ketones (excluding diaryl/α,β-unsaturated/α-hetero) is 2. The maximum Gasteiger partial charge on any atom is 0.231 e. The van der Waals surface area contributed by atoms with Crippen molar-refractivity contribution in [3.05, 3.63) is 75.3 Å². The third-order valence-electron chi connectivity index (χ3n) is 5.01. The highest BCUT2D eigenvalue weighted by Crippen LogP contribution is 2.35. The third kappa shape index (κ3) is 4.19. The lowest BCUT2D eigenvalue weighted by molar-refractivity contribution is 0.0990. The maximum absolute atomic E-state index is 12.6. The second-order valence-electron chi connectivity index (χ2n) is 6.80. The Morgan fingerprint density at radius 3 is 2.16 bits per heavy atom. The van der Waals surface area contributed by atoms with Crippen molar-refractivity contribution in [2.24, 2.45) is 10.2 Å². The van der Waals surface area contributed by atoms with Crippen molar-refractivity contribution >= 4 is 57.1 Å². The van der Waals surface area contributed by atoms with Gasteiger partial charge in [-0.2, -0.15) is 0 Å². The standard InChI is InChI=1S/C23H19ClN4O2S/c1-3-28(4-2)15-11-9-14(10-12-15)26-27-23-25-22(24)19(31-23)13-18-20(29)16-7-5-6-8-17(16)21(18)30/h5-13H,3-4H2,1-2H3. The molecule has 0 bridgehead atoms. The van der Waals surface area contributed by atoms with E-state index in [-0.39, 0.29) is 22.3 Å². The maximum atomic E-state index is 12.6. The summed E-state index contributed by atoms with van der Waals surface area (Å²) in [5.41, 5.74) is 2.72. The summed E-state index contributed by atoms with van der Waals surface area (Å²) >= 11 is 7.40. The molecule has 6 nitrogen and oxygen atoms in total. The molecule has 0 N–H and O–H groups in total. The molecule has 0 spiro atoms. The SMILES string of the molecule is CCN(CC)c1ccc(N=Nc2nc(Cl)c(C=C3C(=O)c4ccccc4C3=O)s2)cc1. The van der Waals surface area contributed by atoms with E-state index in [2.05, 4.69) is 34.0 Å². The summed E-state index contributed by atoms with van der Waals surface area (Å²) in [5.74, 6) is -0.608. The zero-order valence-electron chi connectivity index (χ0n) is 17.0. The molecule has 0 aliphatic heterocycles. The number of ketones is 2. The topological polar surface area (TPSA) is 75.0 Å². The van der Waals surface area contributed by atoms with Crippen LogP contribution in [0.15, 0.2) is 64.3 Å². The molecule has 1 aliphatic rings. The number of thiazole rings is 1. The van der Waals surface area contributed by atoms with E-state index in [1.807, 2.05) is 24.3 Å². The molecule has 0 amide bonds. The molecule has 1 aromatic heterocycles. The molecule has 3 aromatic rings. The highest BCUT2D eigenvalue weighted by Gasteiger charge is 2.33. The van der Waals surface area contributed by atoms with E-state index in [1.165, 1.54) is 17.4 Å². The third-order valence-corrected chi connectivity index (χ3v) is 6.30. The molecule has 8 heteroatoms. The molecule has 1 aliphatic carbocycles. The van der Waals surface area contributed by atoms with Gasteiger partial charge in [-0.05, 0) is 44.2 Å². The zero-order chi connectivity index (χ0) is 22.0. The molecule has 4 rings (SSSR count). The number of carbonyl (C=O) groups is 2. The van der Waals surface area contributed by atoms with Crippen LogP contribution in [0.3, 0.4) is 0 Å². The molecule has 0 fully saturated rings. The number of aromatic nitrogens is 1. The average molecular weight is 451 g/mol. The predicted molar refractivity (Wildman–Crippen MR) is 124 cm³/mol. The van der Waals surface area contributed by atoms with Gasteiger partial charge in [0.15, 0.2) is 11.6 Å². The van der Waals surface area contributed by atoms with Crippen molar-refractivity contribution in [2.45, 2.75) is 13.8 Å². The fourth-order valence-electron chi connectivity index (χ4n) is 3.39. The van der Waals surface area contributed by atoms with Crippen LogP contribution in [0.25, 0.3) is 6.08 Å².